The number of aliphatic hydroxyl groups excluding tert-OH is 1. The summed E-state index contributed by atoms with van der Waals surface area (Å²) in [5.74, 6) is 0.218. The molecule has 4 unspecified atom stereocenters. The lowest BCUT2D eigenvalue weighted by atomic mass is 9.84. The van der Waals surface area contributed by atoms with Crippen LogP contribution in [0.2, 0.25) is 0 Å². The van der Waals surface area contributed by atoms with E-state index in [-0.39, 0.29) is 11.9 Å². The van der Waals surface area contributed by atoms with Crippen molar-refractivity contribution in [2.24, 2.45) is 5.92 Å². The predicted octanol–water partition coefficient (Wildman–Crippen LogP) is 3.59. The number of aliphatic hydroxyl groups is 1. The smallest absolute Gasteiger partial charge is 0.408 e. The first kappa shape index (κ1) is 25.9. The Morgan fingerprint density at radius 3 is 2.42 bits per heavy atom. The van der Waals surface area contributed by atoms with Crippen molar-refractivity contribution in [1.29, 1.82) is 0 Å². The van der Waals surface area contributed by atoms with Crippen LogP contribution >= 0.6 is 0 Å². The molecule has 7 nitrogen and oxygen atoms in total. The highest BCUT2D eigenvalue weighted by molar-refractivity contribution is 5.86. The number of carbonyl (C=O) groups is 2. The lowest BCUT2D eigenvalue weighted by Crippen LogP contribution is -2.54. The Labute approximate surface area is 188 Å². The van der Waals surface area contributed by atoms with Gasteiger partial charge < -0.3 is 20.5 Å². The molecule has 180 valence electrons. The zero-order valence-electron chi connectivity index (χ0n) is 20.3. The summed E-state index contributed by atoms with van der Waals surface area (Å²) < 4.78 is 5.41. The molecule has 7 heteroatoms. The van der Waals surface area contributed by atoms with Gasteiger partial charge in [0.1, 0.15) is 11.6 Å². The molecule has 2 fully saturated rings. The molecule has 0 aromatic rings. The van der Waals surface area contributed by atoms with Gasteiger partial charge in [0.05, 0.1) is 12.1 Å². The average Bonchev–Trinajstić information content (AvgIpc) is 2.80. The van der Waals surface area contributed by atoms with Crippen LogP contribution in [0.1, 0.15) is 92.4 Å². The summed E-state index contributed by atoms with van der Waals surface area (Å²) in [5, 5.41) is 16.7. The second kappa shape index (κ2) is 12.0. The van der Waals surface area contributed by atoms with E-state index in [1.54, 1.807) is 0 Å². The van der Waals surface area contributed by atoms with Gasteiger partial charge in [0, 0.05) is 12.6 Å². The zero-order chi connectivity index (χ0) is 23.0. The summed E-state index contributed by atoms with van der Waals surface area (Å²) in [6.07, 6.45) is 7.92. The molecule has 4 atom stereocenters. The van der Waals surface area contributed by atoms with Crippen molar-refractivity contribution in [2.45, 2.75) is 122 Å². The quantitative estimate of drug-likeness (QED) is 0.564. The number of ether oxygens (including phenoxy) is 1. The van der Waals surface area contributed by atoms with Gasteiger partial charge in [-0.15, -0.1) is 0 Å². The molecule has 2 rings (SSSR count). The number of amides is 2. The molecule has 1 saturated carbocycles. The molecule has 2 amide bonds. The van der Waals surface area contributed by atoms with Crippen molar-refractivity contribution in [3.05, 3.63) is 0 Å². The number of β-amino-alcohol motifs (C(OH)–C–C–N with tert-alkyl or cyclic N) is 1. The summed E-state index contributed by atoms with van der Waals surface area (Å²) in [5.41, 5.74) is -0.619. The van der Waals surface area contributed by atoms with Crippen LogP contribution in [0.15, 0.2) is 0 Å². The number of nitrogens with zero attached hydrogens (tertiary/aromatic N) is 1. The fourth-order valence-electron chi connectivity index (χ4n) is 4.83. The minimum atomic E-state index is -0.641. The van der Waals surface area contributed by atoms with Gasteiger partial charge in [0.15, 0.2) is 0 Å². The van der Waals surface area contributed by atoms with E-state index in [4.69, 9.17) is 4.74 Å². The predicted molar refractivity (Wildman–Crippen MR) is 123 cm³/mol. The molecule has 0 radical (unpaired) electrons. The number of alkyl carbamates (subject to hydrolysis) is 1. The molecule has 2 aliphatic rings. The van der Waals surface area contributed by atoms with Gasteiger partial charge >= 0.3 is 6.09 Å². The van der Waals surface area contributed by atoms with Crippen LogP contribution in [0.3, 0.4) is 0 Å². The molecule has 3 N–H and O–H groups in total. The summed E-state index contributed by atoms with van der Waals surface area (Å²) in [6.45, 7) is 11.3. The number of carbonyl (C=O) groups excluding carboxylic acids is 2. The molecular weight excluding hydrogens is 394 g/mol. The Morgan fingerprint density at radius 1 is 1.13 bits per heavy atom. The van der Waals surface area contributed by atoms with Crippen molar-refractivity contribution in [2.75, 3.05) is 13.1 Å². The molecule has 1 aliphatic heterocycles. The summed E-state index contributed by atoms with van der Waals surface area (Å²) in [4.78, 5) is 27.9. The van der Waals surface area contributed by atoms with Gasteiger partial charge in [-0.1, -0.05) is 39.0 Å². The molecule has 1 saturated heterocycles. The SMILES string of the molecule is CCCN1CC(O)C(NC(=O)C(CC2CCCCC2)NC(=O)OC(C)(C)C)CCC1C. The Balaban J connectivity index is 2.03. The minimum absolute atomic E-state index is 0.211. The van der Waals surface area contributed by atoms with Crippen molar-refractivity contribution in [3.63, 3.8) is 0 Å². The Hall–Kier alpha value is -1.34. The molecule has 1 heterocycles. The van der Waals surface area contributed by atoms with E-state index in [2.05, 4.69) is 29.4 Å². The maximum Gasteiger partial charge on any atom is 0.408 e. The highest BCUT2D eigenvalue weighted by Gasteiger charge is 2.33. The van der Waals surface area contributed by atoms with Crippen molar-refractivity contribution >= 4 is 12.0 Å². The highest BCUT2D eigenvalue weighted by Crippen LogP contribution is 2.28. The largest absolute Gasteiger partial charge is 0.444 e. The second-order valence-corrected chi connectivity index (χ2v) is 10.5. The number of hydrogen-bond acceptors (Lipinski definition) is 5. The third kappa shape index (κ3) is 8.97. The molecular formula is C24H45N3O4. The first-order valence-electron chi connectivity index (χ1n) is 12.3. The Kier molecular flexibility index (Phi) is 10.1. The van der Waals surface area contributed by atoms with Gasteiger partial charge in [-0.2, -0.15) is 0 Å². The number of likely N-dealkylation sites (tertiary alicyclic amines) is 1. The van der Waals surface area contributed by atoms with E-state index in [0.717, 1.165) is 38.6 Å². The molecule has 0 spiro atoms. The molecule has 0 bridgehead atoms. The van der Waals surface area contributed by atoms with Crippen molar-refractivity contribution in [3.8, 4) is 0 Å². The molecule has 1 aliphatic carbocycles. The van der Waals surface area contributed by atoms with E-state index in [1.807, 2.05) is 20.8 Å². The Bertz CT molecular complexity index is 572. The lowest BCUT2D eigenvalue weighted by Gasteiger charge is -2.30. The molecule has 0 aromatic carbocycles. The van der Waals surface area contributed by atoms with E-state index in [0.29, 0.717) is 24.9 Å². The third-order valence-electron chi connectivity index (χ3n) is 6.54. The Morgan fingerprint density at radius 2 is 1.81 bits per heavy atom. The van der Waals surface area contributed by atoms with E-state index in [1.165, 1.54) is 19.3 Å². The number of nitrogens with one attached hydrogen (secondary N) is 2. The van der Waals surface area contributed by atoms with Gasteiger partial charge in [0.2, 0.25) is 5.91 Å². The maximum absolute atomic E-state index is 13.2. The molecule has 31 heavy (non-hydrogen) atoms. The number of rotatable bonds is 7. The lowest BCUT2D eigenvalue weighted by molar-refractivity contribution is -0.125. The minimum Gasteiger partial charge on any atom is -0.444 e. The highest BCUT2D eigenvalue weighted by atomic mass is 16.6. The average molecular weight is 440 g/mol. The maximum atomic E-state index is 13.2. The molecule has 0 aromatic heterocycles. The van der Waals surface area contributed by atoms with Crippen LogP contribution in [0.5, 0.6) is 0 Å². The third-order valence-corrected chi connectivity index (χ3v) is 6.54. The van der Waals surface area contributed by atoms with Crippen LogP contribution in [-0.2, 0) is 9.53 Å². The normalized spacial score (nSPS) is 27.2. The first-order chi connectivity index (χ1) is 14.6. The van der Waals surface area contributed by atoms with Crippen molar-refractivity contribution < 1.29 is 19.4 Å². The second-order valence-electron chi connectivity index (χ2n) is 10.5. The first-order valence-corrected chi connectivity index (χ1v) is 12.3. The van der Waals surface area contributed by atoms with Gasteiger partial charge in [-0.25, -0.2) is 4.79 Å². The summed E-state index contributed by atoms with van der Waals surface area (Å²) in [7, 11) is 0. The summed E-state index contributed by atoms with van der Waals surface area (Å²) >= 11 is 0. The topological polar surface area (TPSA) is 90.9 Å². The number of hydrogen-bond donors (Lipinski definition) is 3. The van der Waals surface area contributed by atoms with Crippen molar-refractivity contribution in [1.82, 2.24) is 15.5 Å². The fraction of sp³-hybridized carbons (Fsp3) is 0.917. The monoisotopic (exact) mass is 439 g/mol. The van der Waals surface area contributed by atoms with Crippen LogP contribution in [0.4, 0.5) is 4.79 Å². The zero-order valence-corrected chi connectivity index (χ0v) is 20.3. The summed E-state index contributed by atoms with van der Waals surface area (Å²) in [6, 6.07) is -0.557. The van der Waals surface area contributed by atoms with Gasteiger partial charge in [0.25, 0.3) is 0 Å². The van der Waals surface area contributed by atoms with Gasteiger partial charge in [-0.05, 0) is 65.8 Å². The van der Waals surface area contributed by atoms with Crippen LogP contribution in [0, 0.1) is 5.92 Å². The standard InChI is InChI=1S/C24H45N3O4/c1-6-14-27-16-21(28)19(13-12-17(27)2)25-22(29)20(15-18-10-8-7-9-11-18)26-23(30)31-24(3,4)5/h17-21,28H,6-16H2,1-5H3,(H,25,29)(H,26,30). The van der Waals surface area contributed by atoms with E-state index >= 15 is 0 Å². The fourth-order valence-corrected chi connectivity index (χ4v) is 4.83. The van der Waals surface area contributed by atoms with Crippen LogP contribution in [-0.4, -0.2) is 64.9 Å². The van der Waals surface area contributed by atoms with Crippen LogP contribution in [0.25, 0.3) is 0 Å². The van der Waals surface area contributed by atoms with Gasteiger partial charge in [-0.3, -0.25) is 9.69 Å². The van der Waals surface area contributed by atoms with Crippen LogP contribution < -0.4 is 10.6 Å². The van der Waals surface area contributed by atoms with E-state index in [9.17, 15) is 14.7 Å². The van der Waals surface area contributed by atoms with E-state index < -0.39 is 23.8 Å².